The van der Waals surface area contributed by atoms with E-state index < -0.39 is 0 Å². The first kappa shape index (κ1) is 11.8. The van der Waals surface area contributed by atoms with Crippen LogP contribution in [0.1, 0.15) is 5.56 Å². The van der Waals surface area contributed by atoms with E-state index in [1.165, 1.54) is 5.56 Å². The van der Waals surface area contributed by atoms with Crippen LogP contribution in [0.2, 0.25) is 5.02 Å². The molecule has 2 rings (SSSR count). The Hall–Kier alpha value is -1.67. The van der Waals surface area contributed by atoms with Crippen LogP contribution in [-0.2, 0) is 6.42 Å². The Bertz CT molecular complexity index is 480. The van der Waals surface area contributed by atoms with Crippen molar-refractivity contribution in [2.75, 3.05) is 17.6 Å². The maximum absolute atomic E-state index is 5.90. The molecule has 0 saturated heterocycles. The summed E-state index contributed by atoms with van der Waals surface area (Å²) in [6, 6.07) is 15.7. The van der Waals surface area contributed by atoms with Crippen LogP contribution < -0.4 is 11.1 Å². The van der Waals surface area contributed by atoms with Gasteiger partial charge in [-0.3, -0.25) is 0 Å². The van der Waals surface area contributed by atoms with E-state index >= 15 is 0 Å². The Morgan fingerprint density at radius 2 is 1.82 bits per heavy atom. The van der Waals surface area contributed by atoms with Gasteiger partial charge in [-0.25, -0.2) is 0 Å². The molecule has 0 bridgehead atoms. The molecule has 0 unspecified atom stereocenters. The largest absolute Gasteiger partial charge is 0.399 e. The minimum Gasteiger partial charge on any atom is -0.399 e. The molecule has 0 aromatic heterocycles. The topological polar surface area (TPSA) is 38.0 Å². The molecule has 88 valence electrons. The first-order chi connectivity index (χ1) is 8.24. The number of benzene rings is 2. The summed E-state index contributed by atoms with van der Waals surface area (Å²) in [5.41, 5.74) is 8.76. The molecule has 0 heterocycles. The third-order valence-corrected chi connectivity index (χ3v) is 2.78. The number of nitrogen functional groups attached to an aromatic ring is 1. The van der Waals surface area contributed by atoms with Crippen molar-refractivity contribution in [2.24, 2.45) is 0 Å². The van der Waals surface area contributed by atoms with Gasteiger partial charge in [0, 0.05) is 22.9 Å². The average molecular weight is 247 g/mol. The minimum absolute atomic E-state index is 0.752. The predicted octanol–water partition coefficient (Wildman–Crippen LogP) is 3.58. The van der Waals surface area contributed by atoms with Crippen LogP contribution in [0.15, 0.2) is 48.5 Å². The van der Waals surface area contributed by atoms with Crippen molar-refractivity contribution in [3.05, 3.63) is 59.1 Å². The van der Waals surface area contributed by atoms with Gasteiger partial charge in [0.2, 0.25) is 0 Å². The average Bonchev–Trinajstić information content (AvgIpc) is 2.32. The Balaban J connectivity index is 1.85. The molecule has 0 aliphatic rings. The van der Waals surface area contributed by atoms with Gasteiger partial charge < -0.3 is 11.1 Å². The summed E-state index contributed by atoms with van der Waals surface area (Å²) in [7, 11) is 0. The molecule has 17 heavy (non-hydrogen) atoms. The van der Waals surface area contributed by atoms with Crippen LogP contribution in [0, 0.1) is 0 Å². The zero-order valence-electron chi connectivity index (χ0n) is 9.49. The maximum atomic E-state index is 5.90. The highest BCUT2D eigenvalue weighted by Crippen LogP contribution is 2.15. The standard InChI is InChI=1S/C14H15ClN2/c15-12-2-1-3-14(10-12)17-9-8-11-4-6-13(16)7-5-11/h1-7,10,17H,8-9,16H2. The zero-order valence-corrected chi connectivity index (χ0v) is 10.2. The number of hydrogen-bond acceptors (Lipinski definition) is 2. The summed E-state index contributed by atoms with van der Waals surface area (Å²) in [5, 5.41) is 4.09. The van der Waals surface area contributed by atoms with Crippen LogP contribution >= 0.6 is 11.6 Å². The number of halogens is 1. The van der Waals surface area contributed by atoms with Crippen molar-refractivity contribution in [1.82, 2.24) is 0 Å². The molecule has 3 heteroatoms. The summed E-state index contributed by atoms with van der Waals surface area (Å²) in [4.78, 5) is 0. The van der Waals surface area contributed by atoms with E-state index in [-0.39, 0.29) is 0 Å². The molecule has 2 nitrogen and oxygen atoms in total. The molecule has 0 atom stereocenters. The van der Waals surface area contributed by atoms with Crippen molar-refractivity contribution >= 4 is 23.0 Å². The quantitative estimate of drug-likeness (QED) is 0.810. The lowest BCUT2D eigenvalue weighted by atomic mass is 10.1. The first-order valence-electron chi connectivity index (χ1n) is 5.58. The number of nitrogens with one attached hydrogen (secondary N) is 1. The van der Waals surface area contributed by atoms with Crippen LogP contribution in [0.5, 0.6) is 0 Å². The molecular weight excluding hydrogens is 232 g/mol. The van der Waals surface area contributed by atoms with E-state index in [4.69, 9.17) is 17.3 Å². The maximum Gasteiger partial charge on any atom is 0.0426 e. The monoisotopic (exact) mass is 246 g/mol. The molecule has 0 fully saturated rings. The van der Waals surface area contributed by atoms with Gasteiger partial charge in [0.05, 0.1) is 0 Å². The fourth-order valence-electron chi connectivity index (χ4n) is 1.63. The molecule has 2 aromatic rings. The lowest BCUT2D eigenvalue weighted by molar-refractivity contribution is 1.02. The fourth-order valence-corrected chi connectivity index (χ4v) is 1.82. The SMILES string of the molecule is Nc1ccc(CCNc2cccc(Cl)c2)cc1. The second-order valence-electron chi connectivity index (χ2n) is 3.93. The van der Waals surface area contributed by atoms with Crippen molar-refractivity contribution in [2.45, 2.75) is 6.42 Å². The highest BCUT2D eigenvalue weighted by molar-refractivity contribution is 6.30. The predicted molar refractivity (Wildman–Crippen MR) is 74.5 cm³/mol. The number of rotatable bonds is 4. The fraction of sp³-hybridized carbons (Fsp3) is 0.143. The Morgan fingerprint density at radius 1 is 1.06 bits per heavy atom. The van der Waals surface area contributed by atoms with Gasteiger partial charge in [-0.2, -0.15) is 0 Å². The van der Waals surface area contributed by atoms with Crippen LogP contribution in [-0.4, -0.2) is 6.54 Å². The molecule has 0 spiro atoms. The summed E-state index contributed by atoms with van der Waals surface area (Å²) in [6.07, 6.45) is 0.965. The van der Waals surface area contributed by atoms with E-state index in [1.807, 2.05) is 36.4 Å². The highest BCUT2D eigenvalue weighted by Gasteiger charge is 1.95. The summed E-state index contributed by atoms with van der Waals surface area (Å²) in [6.45, 7) is 0.879. The number of anilines is 2. The van der Waals surface area contributed by atoms with E-state index in [0.29, 0.717) is 0 Å². The van der Waals surface area contributed by atoms with Crippen molar-refractivity contribution in [1.29, 1.82) is 0 Å². The van der Waals surface area contributed by atoms with Gasteiger partial charge in [-0.05, 0) is 42.3 Å². The van der Waals surface area contributed by atoms with Gasteiger partial charge in [0.15, 0.2) is 0 Å². The minimum atomic E-state index is 0.752. The Kier molecular flexibility index (Phi) is 3.89. The van der Waals surface area contributed by atoms with Crippen molar-refractivity contribution < 1.29 is 0 Å². The summed E-state index contributed by atoms with van der Waals surface area (Å²) in [5.74, 6) is 0. The smallest absolute Gasteiger partial charge is 0.0426 e. The molecule has 2 aromatic carbocycles. The Labute approximate surface area is 106 Å². The van der Waals surface area contributed by atoms with E-state index in [1.54, 1.807) is 0 Å². The molecule has 0 aliphatic carbocycles. The van der Waals surface area contributed by atoms with Crippen molar-refractivity contribution in [3.63, 3.8) is 0 Å². The van der Waals surface area contributed by atoms with Crippen LogP contribution in [0.3, 0.4) is 0 Å². The molecular formula is C14H15ClN2. The van der Waals surface area contributed by atoms with Gasteiger partial charge in [-0.1, -0.05) is 29.8 Å². The Morgan fingerprint density at radius 3 is 2.53 bits per heavy atom. The lowest BCUT2D eigenvalue weighted by Gasteiger charge is -2.07. The number of nitrogens with two attached hydrogens (primary N) is 1. The van der Waals surface area contributed by atoms with Crippen LogP contribution in [0.25, 0.3) is 0 Å². The third kappa shape index (κ3) is 3.68. The summed E-state index contributed by atoms with van der Waals surface area (Å²) < 4.78 is 0. The number of hydrogen-bond donors (Lipinski definition) is 2. The van der Waals surface area contributed by atoms with E-state index in [2.05, 4.69) is 17.4 Å². The molecule has 0 aliphatic heterocycles. The molecule has 0 saturated carbocycles. The van der Waals surface area contributed by atoms with E-state index in [9.17, 15) is 0 Å². The van der Waals surface area contributed by atoms with Crippen molar-refractivity contribution in [3.8, 4) is 0 Å². The first-order valence-corrected chi connectivity index (χ1v) is 5.96. The molecule has 3 N–H and O–H groups in total. The zero-order chi connectivity index (χ0) is 12.1. The van der Waals surface area contributed by atoms with Crippen LogP contribution in [0.4, 0.5) is 11.4 Å². The summed E-state index contributed by atoms with van der Waals surface area (Å²) >= 11 is 5.90. The van der Waals surface area contributed by atoms with Gasteiger partial charge in [-0.15, -0.1) is 0 Å². The van der Waals surface area contributed by atoms with Gasteiger partial charge in [0.25, 0.3) is 0 Å². The highest BCUT2D eigenvalue weighted by atomic mass is 35.5. The van der Waals surface area contributed by atoms with Gasteiger partial charge in [0.1, 0.15) is 0 Å². The second-order valence-corrected chi connectivity index (χ2v) is 4.37. The third-order valence-electron chi connectivity index (χ3n) is 2.55. The second kappa shape index (κ2) is 5.60. The van der Waals surface area contributed by atoms with E-state index in [0.717, 1.165) is 29.4 Å². The molecule has 0 amide bonds. The lowest BCUT2D eigenvalue weighted by Crippen LogP contribution is -2.04. The molecule has 0 radical (unpaired) electrons. The normalized spacial score (nSPS) is 10.2. The van der Waals surface area contributed by atoms with Gasteiger partial charge >= 0.3 is 0 Å².